The molecule has 0 bridgehead atoms. The fourth-order valence-corrected chi connectivity index (χ4v) is 1.26. The minimum Gasteiger partial charge on any atom is -0.300 e. The number of rotatable bonds is 1. The first-order valence-electron chi connectivity index (χ1n) is 2.59. The molecule has 0 saturated carbocycles. The van der Waals surface area contributed by atoms with Gasteiger partial charge in [-0.1, -0.05) is 6.58 Å². The van der Waals surface area contributed by atoms with Gasteiger partial charge >= 0.3 is 0 Å². The fourth-order valence-electron chi connectivity index (χ4n) is 0.589. The second-order valence-corrected chi connectivity index (χ2v) is 2.37. The van der Waals surface area contributed by atoms with E-state index in [1.54, 1.807) is 24.6 Å². The van der Waals surface area contributed by atoms with Crippen molar-refractivity contribution >= 4 is 17.5 Å². The predicted octanol–water partition coefficient (Wildman–Crippen LogP) is 1.18. The fraction of sp³-hybridized carbons (Fsp3) is 0.167. The molecule has 1 aromatic heterocycles. The summed E-state index contributed by atoms with van der Waals surface area (Å²) < 4.78 is 1.88. The van der Waals surface area contributed by atoms with Crippen LogP contribution in [0.4, 0.5) is 0 Å². The van der Waals surface area contributed by atoms with Gasteiger partial charge in [-0.15, -0.1) is 11.3 Å². The SMILES string of the molecule is C=Cn1ccs/c1=N/C. The quantitative estimate of drug-likeness (QED) is 0.557. The van der Waals surface area contributed by atoms with E-state index in [9.17, 15) is 0 Å². The van der Waals surface area contributed by atoms with Crippen LogP contribution in [0, 0.1) is 0 Å². The molecule has 0 fully saturated rings. The molecule has 0 saturated heterocycles. The lowest BCUT2D eigenvalue weighted by molar-refractivity contribution is 1.06. The molecule has 0 unspecified atom stereocenters. The van der Waals surface area contributed by atoms with E-state index >= 15 is 0 Å². The number of nitrogens with zero attached hydrogens (tertiary/aromatic N) is 2. The molecule has 1 aromatic rings. The van der Waals surface area contributed by atoms with Gasteiger partial charge in [0.15, 0.2) is 4.80 Å². The highest BCUT2D eigenvalue weighted by atomic mass is 32.1. The number of hydrogen-bond acceptors (Lipinski definition) is 2. The molecule has 0 aliphatic rings. The van der Waals surface area contributed by atoms with Crippen LogP contribution >= 0.6 is 11.3 Å². The second-order valence-electron chi connectivity index (χ2n) is 1.50. The first-order chi connectivity index (χ1) is 4.38. The normalized spacial score (nSPS) is 11.9. The standard InChI is InChI=1S/C6H8N2S/c1-3-8-4-5-9-6(8)7-2/h3-5H,1H2,2H3/b7-6+. The molecular formula is C6H8N2S. The summed E-state index contributed by atoms with van der Waals surface area (Å²) in [6, 6.07) is 0. The molecule has 0 aliphatic heterocycles. The number of aromatic nitrogens is 1. The van der Waals surface area contributed by atoms with Crippen molar-refractivity contribution in [2.75, 3.05) is 7.05 Å². The first kappa shape index (κ1) is 6.29. The van der Waals surface area contributed by atoms with Crippen LogP contribution in [0.15, 0.2) is 23.1 Å². The summed E-state index contributed by atoms with van der Waals surface area (Å²) in [5, 5.41) is 1.98. The summed E-state index contributed by atoms with van der Waals surface area (Å²) in [5.74, 6) is 0. The van der Waals surface area contributed by atoms with Crippen molar-refractivity contribution in [2.45, 2.75) is 0 Å². The predicted molar refractivity (Wildman–Crippen MR) is 40.2 cm³/mol. The van der Waals surface area contributed by atoms with Crippen molar-refractivity contribution in [1.82, 2.24) is 4.57 Å². The van der Waals surface area contributed by atoms with Gasteiger partial charge in [0.1, 0.15) is 0 Å². The van der Waals surface area contributed by atoms with Crippen LogP contribution in [-0.2, 0) is 0 Å². The Kier molecular flexibility index (Phi) is 1.85. The minimum atomic E-state index is 0.977. The van der Waals surface area contributed by atoms with E-state index in [4.69, 9.17) is 0 Å². The molecule has 9 heavy (non-hydrogen) atoms. The van der Waals surface area contributed by atoms with E-state index < -0.39 is 0 Å². The highest BCUT2D eigenvalue weighted by Gasteiger charge is 1.84. The molecule has 2 nitrogen and oxygen atoms in total. The minimum absolute atomic E-state index is 0.977. The van der Waals surface area contributed by atoms with Gasteiger partial charge < -0.3 is 4.57 Å². The van der Waals surface area contributed by atoms with E-state index in [0.717, 1.165) is 4.80 Å². The maximum Gasteiger partial charge on any atom is 0.188 e. The van der Waals surface area contributed by atoms with E-state index in [1.807, 2.05) is 16.1 Å². The van der Waals surface area contributed by atoms with Crippen LogP contribution in [-0.4, -0.2) is 11.6 Å². The van der Waals surface area contributed by atoms with E-state index in [2.05, 4.69) is 11.6 Å². The molecule has 0 N–H and O–H groups in total. The van der Waals surface area contributed by atoms with Crippen molar-refractivity contribution < 1.29 is 0 Å². The summed E-state index contributed by atoms with van der Waals surface area (Å²) >= 11 is 1.60. The molecule has 0 amide bonds. The molecule has 0 atom stereocenters. The maximum atomic E-state index is 4.01. The lowest BCUT2D eigenvalue weighted by Gasteiger charge is -1.86. The maximum absolute atomic E-state index is 4.01. The highest BCUT2D eigenvalue weighted by Crippen LogP contribution is 1.87. The highest BCUT2D eigenvalue weighted by molar-refractivity contribution is 7.07. The Bertz CT molecular complexity index is 256. The van der Waals surface area contributed by atoms with Crippen LogP contribution in [0.2, 0.25) is 0 Å². The van der Waals surface area contributed by atoms with Crippen LogP contribution in [0.1, 0.15) is 0 Å². The zero-order chi connectivity index (χ0) is 6.69. The smallest absolute Gasteiger partial charge is 0.188 e. The van der Waals surface area contributed by atoms with Crippen molar-refractivity contribution in [3.63, 3.8) is 0 Å². The van der Waals surface area contributed by atoms with Crippen molar-refractivity contribution in [3.8, 4) is 0 Å². The monoisotopic (exact) mass is 140 g/mol. The van der Waals surface area contributed by atoms with E-state index in [1.165, 1.54) is 0 Å². The molecule has 3 heteroatoms. The molecule has 1 rings (SSSR count). The Morgan fingerprint density at radius 3 is 3.11 bits per heavy atom. The average Bonchev–Trinajstić information content (AvgIpc) is 2.33. The molecular weight excluding hydrogens is 132 g/mol. The van der Waals surface area contributed by atoms with Crippen LogP contribution in [0.25, 0.3) is 6.20 Å². The summed E-state index contributed by atoms with van der Waals surface area (Å²) in [6.07, 6.45) is 3.67. The third-order valence-electron chi connectivity index (χ3n) is 1.00. The van der Waals surface area contributed by atoms with Crippen molar-refractivity contribution in [1.29, 1.82) is 0 Å². The summed E-state index contributed by atoms with van der Waals surface area (Å²) in [5.41, 5.74) is 0. The second kappa shape index (κ2) is 2.64. The van der Waals surface area contributed by atoms with Gasteiger partial charge in [-0.3, -0.25) is 4.99 Å². The molecule has 1 heterocycles. The zero-order valence-electron chi connectivity index (χ0n) is 5.24. The Morgan fingerprint density at radius 1 is 1.89 bits per heavy atom. The lowest BCUT2D eigenvalue weighted by atomic mass is 10.8. The molecule has 0 aliphatic carbocycles. The van der Waals surface area contributed by atoms with Gasteiger partial charge in [0, 0.05) is 24.8 Å². The molecule has 0 radical (unpaired) electrons. The molecule has 0 spiro atoms. The van der Waals surface area contributed by atoms with E-state index in [-0.39, 0.29) is 0 Å². The third kappa shape index (κ3) is 1.10. The van der Waals surface area contributed by atoms with Crippen LogP contribution < -0.4 is 4.80 Å². The number of thiazole rings is 1. The van der Waals surface area contributed by atoms with E-state index in [0.29, 0.717) is 0 Å². The Balaban J connectivity index is 3.30. The first-order valence-corrected chi connectivity index (χ1v) is 3.47. The zero-order valence-corrected chi connectivity index (χ0v) is 6.06. The van der Waals surface area contributed by atoms with Gasteiger partial charge in [0.25, 0.3) is 0 Å². The van der Waals surface area contributed by atoms with Gasteiger partial charge in [-0.05, 0) is 0 Å². The molecule has 0 aromatic carbocycles. The van der Waals surface area contributed by atoms with Crippen molar-refractivity contribution in [2.24, 2.45) is 4.99 Å². The van der Waals surface area contributed by atoms with Gasteiger partial charge in [0.2, 0.25) is 0 Å². The van der Waals surface area contributed by atoms with Crippen LogP contribution in [0.5, 0.6) is 0 Å². The topological polar surface area (TPSA) is 17.3 Å². The van der Waals surface area contributed by atoms with Gasteiger partial charge in [-0.2, -0.15) is 0 Å². The summed E-state index contributed by atoms with van der Waals surface area (Å²) in [7, 11) is 1.77. The Morgan fingerprint density at radius 2 is 2.67 bits per heavy atom. The Labute approximate surface area is 57.8 Å². The van der Waals surface area contributed by atoms with Crippen LogP contribution in [0.3, 0.4) is 0 Å². The largest absolute Gasteiger partial charge is 0.300 e. The summed E-state index contributed by atoms with van der Waals surface area (Å²) in [6.45, 7) is 3.62. The Hall–Kier alpha value is -0.830. The van der Waals surface area contributed by atoms with Gasteiger partial charge in [-0.25, -0.2) is 0 Å². The lowest BCUT2D eigenvalue weighted by Crippen LogP contribution is -2.06. The van der Waals surface area contributed by atoms with Crippen molar-refractivity contribution in [3.05, 3.63) is 23.0 Å². The third-order valence-corrected chi connectivity index (χ3v) is 1.87. The van der Waals surface area contributed by atoms with Gasteiger partial charge in [0.05, 0.1) is 0 Å². The average molecular weight is 140 g/mol. The summed E-state index contributed by atoms with van der Waals surface area (Å²) in [4.78, 5) is 4.99. The molecule has 48 valence electrons. The number of hydrogen-bond donors (Lipinski definition) is 0.